The molecule has 0 spiro atoms. The molecule has 2 amide bonds. The minimum absolute atomic E-state index is 0.0244. The largest absolute Gasteiger partial charge is 0.451 e. The molecular formula is C26H26N6O3S. The van der Waals surface area contributed by atoms with E-state index in [9.17, 15) is 9.59 Å². The highest BCUT2D eigenvalue weighted by atomic mass is 32.1. The summed E-state index contributed by atoms with van der Waals surface area (Å²) in [5.41, 5.74) is 1.24. The third-order valence-corrected chi connectivity index (χ3v) is 7.92. The average molecular weight is 503 g/mol. The van der Waals surface area contributed by atoms with E-state index in [1.807, 2.05) is 45.5 Å². The summed E-state index contributed by atoms with van der Waals surface area (Å²) in [4.78, 5) is 45.1. The second kappa shape index (κ2) is 9.69. The van der Waals surface area contributed by atoms with Crippen LogP contribution in [0.5, 0.6) is 0 Å². The van der Waals surface area contributed by atoms with E-state index in [2.05, 4.69) is 14.9 Å². The predicted molar refractivity (Wildman–Crippen MR) is 136 cm³/mol. The molecule has 0 saturated carbocycles. The van der Waals surface area contributed by atoms with Crippen molar-refractivity contribution < 1.29 is 14.0 Å². The Balaban J connectivity index is 1.04. The Morgan fingerprint density at radius 2 is 1.61 bits per heavy atom. The van der Waals surface area contributed by atoms with Crippen LogP contribution in [0.3, 0.4) is 0 Å². The van der Waals surface area contributed by atoms with Gasteiger partial charge in [0.05, 0.1) is 5.01 Å². The van der Waals surface area contributed by atoms with E-state index in [4.69, 9.17) is 9.40 Å². The molecule has 0 unspecified atom stereocenters. The van der Waals surface area contributed by atoms with Crippen molar-refractivity contribution in [1.82, 2.24) is 24.8 Å². The van der Waals surface area contributed by atoms with Crippen molar-refractivity contribution in [2.45, 2.75) is 18.8 Å². The predicted octanol–water partition coefficient (Wildman–Crippen LogP) is 3.66. The zero-order chi connectivity index (χ0) is 24.5. The lowest BCUT2D eigenvalue weighted by Gasteiger charge is -2.34. The van der Waals surface area contributed by atoms with Crippen LogP contribution in [0.1, 0.15) is 44.8 Å². The van der Waals surface area contributed by atoms with Crippen molar-refractivity contribution in [3.8, 4) is 0 Å². The number of nitrogens with zero attached hydrogens (tertiary/aromatic N) is 6. The molecule has 0 N–H and O–H groups in total. The maximum absolute atomic E-state index is 13.1. The third-order valence-electron chi connectivity index (χ3n) is 6.91. The molecule has 3 aromatic heterocycles. The van der Waals surface area contributed by atoms with E-state index in [1.54, 1.807) is 29.8 Å². The lowest BCUT2D eigenvalue weighted by molar-refractivity contribution is 0.0683. The molecule has 2 aliphatic rings. The van der Waals surface area contributed by atoms with Gasteiger partial charge in [-0.25, -0.2) is 15.0 Å². The Labute approximate surface area is 212 Å². The maximum atomic E-state index is 13.1. The molecule has 6 rings (SSSR count). The SMILES string of the molecule is O=C(c1csc(C2CCN(C(=O)c3cc4ccccc4o3)CC2)n1)N1CCN(c2ncccn2)CC1. The minimum atomic E-state index is -0.0697. The molecule has 1 aromatic carbocycles. The van der Waals surface area contributed by atoms with E-state index in [1.165, 1.54) is 0 Å². The van der Waals surface area contributed by atoms with Gasteiger partial charge in [-0.2, -0.15) is 0 Å². The summed E-state index contributed by atoms with van der Waals surface area (Å²) in [6, 6.07) is 11.3. The molecule has 2 fully saturated rings. The molecule has 5 heterocycles. The Morgan fingerprint density at radius 3 is 2.36 bits per heavy atom. The Morgan fingerprint density at radius 1 is 0.889 bits per heavy atom. The first kappa shape index (κ1) is 22.7. The fourth-order valence-electron chi connectivity index (χ4n) is 4.87. The number of carbonyl (C=O) groups is 2. The van der Waals surface area contributed by atoms with Crippen LogP contribution in [0.2, 0.25) is 0 Å². The Bertz CT molecular complexity index is 1340. The zero-order valence-corrected chi connectivity index (χ0v) is 20.6. The number of amides is 2. The van der Waals surface area contributed by atoms with E-state index < -0.39 is 0 Å². The van der Waals surface area contributed by atoms with Crippen molar-refractivity contribution >= 4 is 40.1 Å². The molecule has 9 nitrogen and oxygen atoms in total. The topological polar surface area (TPSA) is 95.7 Å². The molecule has 10 heteroatoms. The molecule has 0 radical (unpaired) electrons. The number of piperazine rings is 1. The number of fused-ring (bicyclic) bond motifs is 1. The molecule has 0 aliphatic carbocycles. The van der Waals surface area contributed by atoms with Crippen LogP contribution in [0.25, 0.3) is 11.0 Å². The number of hydrogen-bond acceptors (Lipinski definition) is 8. The highest BCUT2D eigenvalue weighted by Gasteiger charge is 2.30. The number of hydrogen-bond donors (Lipinski definition) is 0. The molecule has 2 aliphatic heterocycles. The first-order chi connectivity index (χ1) is 17.7. The number of thiazole rings is 1. The molecule has 4 aromatic rings. The van der Waals surface area contributed by atoms with Crippen molar-refractivity contribution in [1.29, 1.82) is 0 Å². The van der Waals surface area contributed by atoms with Crippen LogP contribution in [-0.2, 0) is 0 Å². The summed E-state index contributed by atoms with van der Waals surface area (Å²) in [5.74, 6) is 1.24. The minimum Gasteiger partial charge on any atom is -0.451 e. The molecule has 0 atom stereocenters. The molecule has 36 heavy (non-hydrogen) atoms. The number of para-hydroxylation sites is 1. The van der Waals surface area contributed by atoms with Gasteiger partial charge in [-0.05, 0) is 31.0 Å². The number of anilines is 1. The van der Waals surface area contributed by atoms with Crippen LogP contribution < -0.4 is 4.90 Å². The van der Waals surface area contributed by atoms with E-state index in [0.717, 1.165) is 28.8 Å². The standard InChI is InChI=1S/C26H26N6O3S/c33-24(31-12-14-32(15-13-31)26-27-8-3-9-28-26)20-17-36-23(29-20)18-6-10-30(11-7-18)25(34)22-16-19-4-1-2-5-21(19)35-22/h1-5,8-9,16-18H,6-7,10-15H2. The second-order valence-corrected chi connectivity index (χ2v) is 10.0. The molecular weight excluding hydrogens is 476 g/mol. The van der Waals surface area contributed by atoms with Crippen molar-refractivity contribution in [3.63, 3.8) is 0 Å². The van der Waals surface area contributed by atoms with Gasteiger partial charge in [0.2, 0.25) is 5.95 Å². The average Bonchev–Trinajstić information content (AvgIpc) is 3.61. The van der Waals surface area contributed by atoms with Crippen LogP contribution in [0.15, 0.2) is 58.6 Å². The van der Waals surface area contributed by atoms with E-state index in [-0.39, 0.29) is 17.7 Å². The summed E-state index contributed by atoms with van der Waals surface area (Å²) in [7, 11) is 0. The number of benzene rings is 1. The van der Waals surface area contributed by atoms with Crippen molar-refractivity contribution in [2.75, 3.05) is 44.2 Å². The van der Waals surface area contributed by atoms with Crippen LogP contribution in [0, 0.1) is 0 Å². The number of piperidine rings is 1. The molecule has 184 valence electrons. The molecule has 0 bridgehead atoms. The van der Waals surface area contributed by atoms with Gasteiger partial charge in [0, 0.05) is 68.3 Å². The van der Waals surface area contributed by atoms with Gasteiger partial charge in [0.1, 0.15) is 11.3 Å². The summed E-state index contributed by atoms with van der Waals surface area (Å²) in [6.45, 7) is 3.92. The Kier molecular flexibility index (Phi) is 6.10. The monoisotopic (exact) mass is 502 g/mol. The van der Waals surface area contributed by atoms with Gasteiger partial charge in [-0.3, -0.25) is 9.59 Å². The Hall–Kier alpha value is -3.79. The van der Waals surface area contributed by atoms with Crippen molar-refractivity contribution in [3.05, 3.63) is 70.6 Å². The fraction of sp³-hybridized carbons (Fsp3) is 0.346. The van der Waals surface area contributed by atoms with Gasteiger partial charge in [-0.1, -0.05) is 18.2 Å². The van der Waals surface area contributed by atoms with E-state index in [0.29, 0.717) is 56.7 Å². The third kappa shape index (κ3) is 4.44. The first-order valence-electron chi connectivity index (χ1n) is 12.2. The van der Waals surface area contributed by atoms with Crippen LogP contribution in [0.4, 0.5) is 5.95 Å². The van der Waals surface area contributed by atoms with Crippen LogP contribution in [-0.4, -0.2) is 75.8 Å². The maximum Gasteiger partial charge on any atom is 0.289 e. The van der Waals surface area contributed by atoms with Gasteiger partial charge in [-0.15, -0.1) is 11.3 Å². The molecule has 2 saturated heterocycles. The number of likely N-dealkylation sites (tertiary alicyclic amines) is 1. The number of rotatable bonds is 4. The second-order valence-electron chi connectivity index (χ2n) is 9.11. The highest BCUT2D eigenvalue weighted by Crippen LogP contribution is 2.32. The number of carbonyl (C=O) groups excluding carboxylic acids is 2. The van der Waals surface area contributed by atoms with Crippen LogP contribution >= 0.6 is 11.3 Å². The summed E-state index contributed by atoms with van der Waals surface area (Å²) >= 11 is 1.54. The quantitative estimate of drug-likeness (QED) is 0.420. The zero-order valence-electron chi connectivity index (χ0n) is 19.7. The summed E-state index contributed by atoms with van der Waals surface area (Å²) in [6.07, 6.45) is 5.11. The normalized spacial score (nSPS) is 17.1. The number of aromatic nitrogens is 3. The van der Waals surface area contributed by atoms with Gasteiger partial charge in [0.25, 0.3) is 11.8 Å². The van der Waals surface area contributed by atoms with Gasteiger partial charge >= 0.3 is 0 Å². The number of furan rings is 1. The summed E-state index contributed by atoms with van der Waals surface area (Å²) in [5, 5.41) is 3.78. The smallest absolute Gasteiger partial charge is 0.289 e. The lowest BCUT2D eigenvalue weighted by Crippen LogP contribution is -2.49. The van der Waals surface area contributed by atoms with Gasteiger partial charge < -0.3 is 19.1 Å². The highest BCUT2D eigenvalue weighted by molar-refractivity contribution is 7.09. The summed E-state index contributed by atoms with van der Waals surface area (Å²) < 4.78 is 5.76. The van der Waals surface area contributed by atoms with Crippen molar-refractivity contribution in [2.24, 2.45) is 0 Å². The van der Waals surface area contributed by atoms with Gasteiger partial charge in [0.15, 0.2) is 5.76 Å². The van der Waals surface area contributed by atoms with E-state index >= 15 is 0 Å². The first-order valence-corrected chi connectivity index (χ1v) is 13.1. The lowest BCUT2D eigenvalue weighted by atomic mass is 9.97. The fourth-order valence-corrected chi connectivity index (χ4v) is 5.84.